The van der Waals surface area contributed by atoms with Crippen LogP contribution in [-0.4, -0.2) is 27.5 Å². The molecule has 0 fully saturated rings. The number of carbonyl (C=O) groups excluding carboxylic acids is 1. The maximum absolute atomic E-state index is 11.7. The van der Waals surface area contributed by atoms with Crippen molar-refractivity contribution < 1.29 is 14.7 Å². The van der Waals surface area contributed by atoms with Crippen LogP contribution >= 0.6 is 0 Å². The molecule has 5 heteroatoms. The normalized spacial score (nSPS) is 10.5. The number of imidazole rings is 1. The maximum Gasteiger partial charge on any atom is 0.360 e. The molecule has 0 amide bonds. The lowest BCUT2D eigenvalue weighted by molar-refractivity contribution is 0.0476. The molecular formula is C14H16N2O3. The van der Waals surface area contributed by atoms with E-state index in [0.717, 1.165) is 15.9 Å². The molecule has 0 spiro atoms. The molecule has 1 aromatic heterocycles. The van der Waals surface area contributed by atoms with Crippen LogP contribution in [0.4, 0.5) is 0 Å². The van der Waals surface area contributed by atoms with E-state index < -0.39 is 5.97 Å². The fourth-order valence-electron chi connectivity index (χ4n) is 1.84. The third-order valence-corrected chi connectivity index (χ3v) is 2.81. The average Bonchev–Trinajstić information content (AvgIpc) is 2.66. The minimum Gasteiger partial charge on any atom is -0.461 e. The molecule has 0 radical (unpaired) electrons. The number of esters is 1. The van der Waals surface area contributed by atoms with Crippen LogP contribution in [-0.2, 0) is 4.74 Å². The van der Waals surface area contributed by atoms with Gasteiger partial charge in [0.25, 0.3) is 0 Å². The highest BCUT2D eigenvalue weighted by atomic mass is 16.5. The van der Waals surface area contributed by atoms with E-state index in [1.165, 1.54) is 0 Å². The summed E-state index contributed by atoms with van der Waals surface area (Å²) in [4.78, 5) is 16.0. The molecule has 0 aliphatic heterocycles. The SMILES string of the molecule is CCOC(=O)c1c(C)nc(-c2ccc(C)cc2)n1O. The van der Waals surface area contributed by atoms with Crippen LogP contribution in [0.5, 0.6) is 0 Å². The number of benzene rings is 1. The Kier molecular flexibility index (Phi) is 3.55. The minimum atomic E-state index is -0.576. The second-order valence-electron chi connectivity index (χ2n) is 4.27. The standard InChI is InChI=1S/C14H16N2O3/c1-4-19-14(17)12-10(3)15-13(16(12)18)11-7-5-9(2)6-8-11/h5-8,18H,4H2,1-3H3. The predicted octanol–water partition coefficient (Wildman–Crippen LogP) is 2.58. The van der Waals surface area contributed by atoms with E-state index in [-0.39, 0.29) is 12.3 Å². The van der Waals surface area contributed by atoms with Gasteiger partial charge in [0.2, 0.25) is 0 Å². The molecule has 1 N–H and O–H groups in total. The Bertz CT molecular complexity index is 600. The molecule has 0 saturated heterocycles. The number of aromatic nitrogens is 2. The highest BCUT2D eigenvalue weighted by Gasteiger charge is 2.22. The summed E-state index contributed by atoms with van der Waals surface area (Å²) in [6.45, 7) is 5.61. The van der Waals surface area contributed by atoms with Crippen LogP contribution in [0.3, 0.4) is 0 Å². The van der Waals surface area contributed by atoms with Gasteiger partial charge >= 0.3 is 5.97 Å². The molecule has 2 rings (SSSR count). The maximum atomic E-state index is 11.7. The molecule has 1 aromatic carbocycles. The van der Waals surface area contributed by atoms with E-state index in [4.69, 9.17) is 4.74 Å². The number of hydrogen-bond donors (Lipinski definition) is 1. The number of ether oxygens (including phenoxy) is 1. The first kappa shape index (κ1) is 13.1. The van der Waals surface area contributed by atoms with Crippen LogP contribution in [0.1, 0.15) is 28.7 Å². The highest BCUT2D eigenvalue weighted by Crippen LogP contribution is 2.22. The number of hydrogen-bond acceptors (Lipinski definition) is 4. The van der Waals surface area contributed by atoms with Crippen molar-refractivity contribution in [3.8, 4) is 11.4 Å². The molecule has 0 unspecified atom stereocenters. The molecule has 0 saturated carbocycles. The van der Waals surface area contributed by atoms with E-state index in [2.05, 4.69) is 4.98 Å². The lowest BCUT2D eigenvalue weighted by Gasteiger charge is -2.04. The lowest BCUT2D eigenvalue weighted by Crippen LogP contribution is -2.12. The summed E-state index contributed by atoms with van der Waals surface area (Å²) in [7, 11) is 0. The fourth-order valence-corrected chi connectivity index (χ4v) is 1.84. The van der Waals surface area contributed by atoms with Crippen molar-refractivity contribution in [1.29, 1.82) is 0 Å². The van der Waals surface area contributed by atoms with Crippen molar-refractivity contribution in [3.63, 3.8) is 0 Å². The van der Waals surface area contributed by atoms with Crippen molar-refractivity contribution in [2.24, 2.45) is 0 Å². The average molecular weight is 260 g/mol. The van der Waals surface area contributed by atoms with Gasteiger partial charge in [-0.25, -0.2) is 9.78 Å². The second kappa shape index (κ2) is 5.14. The van der Waals surface area contributed by atoms with Gasteiger partial charge in [0.1, 0.15) is 0 Å². The van der Waals surface area contributed by atoms with Gasteiger partial charge in [-0.3, -0.25) is 0 Å². The Hall–Kier alpha value is -2.30. The molecule has 0 aliphatic rings. The summed E-state index contributed by atoms with van der Waals surface area (Å²) in [6.07, 6.45) is 0. The third-order valence-electron chi connectivity index (χ3n) is 2.81. The van der Waals surface area contributed by atoms with Gasteiger partial charge < -0.3 is 9.94 Å². The van der Waals surface area contributed by atoms with Crippen LogP contribution < -0.4 is 0 Å². The van der Waals surface area contributed by atoms with Gasteiger partial charge in [-0.15, -0.1) is 0 Å². The molecule has 2 aromatic rings. The monoisotopic (exact) mass is 260 g/mol. The summed E-state index contributed by atoms with van der Waals surface area (Å²) in [6, 6.07) is 7.53. The number of aryl methyl sites for hydroxylation is 2. The molecule has 0 aliphatic carbocycles. The Morgan fingerprint density at radius 3 is 2.53 bits per heavy atom. The van der Waals surface area contributed by atoms with E-state index in [1.54, 1.807) is 13.8 Å². The highest BCUT2D eigenvalue weighted by molar-refractivity contribution is 5.89. The first-order chi connectivity index (χ1) is 9.04. The second-order valence-corrected chi connectivity index (χ2v) is 4.27. The molecule has 0 atom stereocenters. The zero-order valence-corrected chi connectivity index (χ0v) is 11.2. The van der Waals surface area contributed by atoms with Crippen molar-refractivity contribution in [2.75, 3.05) is 6.61 Å². The zero-order valence-electron chi connectivity index (χ0n) is 11.2. The molecule has 19 heavy (non-hydrogen) atoms. The van der Waals surface area contributed by atoms with Crippen LogP contribution in [0, 0.1) is 13.8 Å². The Morgan fingerprint density at radius 2 is 1.95 bits per heavy atom. The Balaban J connectivity index is 2.46. The first-order valence-corrected chi connectivity index (χ1v) is 6.07. The van der Waals surface area contributed by atoms with E-state index >= 15 is 0 Å². The van der Waals surface area contributed by atoms with Gasteiger partial charge in [-0.1, -0.05) is 29.8 Å². The summed E-state index contributed by atoms with van der Waals surface area (Å²) < 4.78 is 5.69. The van der Waals surface area contributed by atoms with Crippen molar-refractivity contribution in [2.45, 2.75) is 20.8 Å². The topological polar surface area (TPSA) is 64.3 Å². The smallest absolute Gasteiger partial charge is 0.360 e. The molecule has 0 bridgehead atoms. The molecule has 5 nitrogen and oxygen atoms in total. The summed E-state index contributed by atoms with van der Waals surface area (Å²) >= 11 is 0. The fraction of sp³-hybridized carbons (Fsp3) is 0.286. The van der Waals surface area contributed by atoms with E-state index in [1.807, 2.05) is 31.2 Å². The van der Waals surface area contributed by atoms with Gasteiger partial charge in [-0.05, 0) is 20.8 Å². The van der Waals surface area contributed by atoms with Crippen molar-refractivity contribution in [3.05, 3.63) is 41.2 Å². The van der Waals surface area contributed by atoms with Crippen molar-refractivity contribution >= 4 is 5.97 Å². The van der Waals surface area contributed by atoms with Gasteiger partial charge in [-0.2, -0.15) is 4.73 Å². The number of carbonyl (C=O) groups is 1. The quantitative estimate of drug-likeness (QED) is 0.680. The number of nitrogens with zero attached hydrogens (tertiary/aromatic N) is 2. The minimum absolute atomic E-state index is 0.0671. The molecule has 100 valence electrons. The zero-order chi connectivity index (χ0) is 14.0. The summed E-state index contributed by atoms with van der Waals surface area (Å²) in [5, 5.41) is 10.1. The molecule has 1 heterocycles. The van der Waals surface area contributed by atoms with Gasteiger partial charge in [0, 0.05) is 5.56 Å². The first-order valence-electron chi connectivity index (χ1n) is 6.07. The van der Waals surface area contributed by atoms with Crippen LogP contribution in [0.15, 0.2) is 24.3 Å². The van der Waals surface area contributed by atoms with Crippen molar-refractivity contribution in [1.82, 2.24) is 9.71 Å². The third kappa shape index (κ3) is 2.45. The van der Waals surface area contributed by atoms with Crippen LogP contribution in [0.25, 0.3) is 11.4 Å². The lowest BCUT2D eigenvalue weighted by atomic mass is 10.1. The summed E-state index contributed by atoms with van der Waals surface area (Å²) in [5.41, 5.74) is 2.36. The Morgan fingerprint density at radius 1 is 1.32 bits per heavy atom. The summed E-state index contributed by atoms with van der Waals surface area (Å²) in [5.74, 6) is -0.242. The number of rotatable bonds is 3. The van der Waals surface area contributed by atoms with Gasteiger partial charge in [0.05, 0.1) is 12.3 Å². The Labute approximate surface area is 111 Å². The van der Waals surface area contributed by atoms with E-state index in [0.29, 0.717) is 11.5 Å². The predicted molar refractivity (Wildman–Crippen MR) is 70.3 cm³/mol. The van der Waals surface area contributed by atoms with Gasteiger partial charge in [0.15, 0.2) is 11.5 Å². The van der Waals surface area contributed by atoms with Crippen LogP contribution in [0.2, 0.25) is 0 Å². The largest absolute Gasteiger partial charge is 0.461 e. The van der Waals surface area contributed by atoms with E-state index in [9.17, 15) is 10.0 Å². The molecular weight excluding hydrogens is 244 g/mol.